The molecule has 7 nitrogen and oxygen atoms in total. The number of allylic oxidation sites excluding steroid dienone is 3. The van der Waals surface area contributed by atoms with Gasteiger partial charge in [0.2, 0.25) is 11.4 Å². The fraction of sp³-hybridized carbons (Fsp3) is 0.0435. The van der Waals surface area contributed by atoms with Crippen molar-refractivity contribution in [1.82, 2.24) is 8.97 Å². The van der Waals surface area contributed by atoms with Crippen molar-refractivity contribution in [2.45, 2.75) is 5.51 Å². The topological polar surface area (TPSA) is 92.9 Å². The van der Waals surface area contributed by atoms with Gasteiger partial charge >= 0.3 is 5.51 Å². The minimum Gasteiger partial charge on any atom is -0.741 e. The zero-order chi connectivity index (χ0) is 39.5. The number of aromatic nitrogens is 2. The van der Waals surface area contributed by atoms with Crippen LogP contribution in [0.4, 0.5) is 13.2 Å². The second-order valence-corrected chi connectivity index (χ2v) is 15.0. The third-order valence-electron chi connectivity index (χ3n) is 10.3. The molecule has 4 aromatic carbocycles. The summed E-state index contributed by atoms with van der Waals surface area (Å²) in [4.78, 5) is 9.46. The normalized spacial score (nSPS) is 14.7. The van der Waals surface area contributed by atoms with E-state index in [1.807, 2.05) is 0 Å². The van der Waals surface area contributed by atoms with Gasteiger partial charge in [0.25, 0.3) is 0 Å². The summed E-state index contributed by atoms with van der Waals surface area (Å²) in [7, 11) is -3.92. The van der Waals surface area contributed by atoms with Crippen molar-refractivity contribution in [2.75, 3.05) is 0 Å². The summed E-state index contributed by atoms with van der Waals surface area (Å²) in [5.41, 5.74) is 11.0. The number of benzene rings is 4. The molecule has 0 aliphatic carbocycles. The van der Waals surface area contributed by atoms with E-state index in [-0.39, 0.29) is 0 Å². The Kier molecular flexibility index (Phi) is 8.64. The molecule has 0 fully saturated rings. The Hall–Kier alpha value is -6.82. The van der Waals surface area contributed by atoms with Crippen LogP contribution in [0.3, 0.4) is 0 Å². The maximum atomic E-state index is 10.7. The van der Waals surface area contributed by atoms with Crippen molar-refractivity contribution in [1.29, 1.82) is 0 Å². The van der Waals surface area contributed by atoms with Gasteiger partial charge in [0.05, 0.1) is 38.8 Å². The van der Waals surface area contributed by atoms with Crippen molar-refractivity contribution < 1.29 is 31.1 Å². The Balaban J connectivity index is 0.000000481. The van der Waals surface area contributed by atoms with Crippen LogP contribution in [-0.2, 0) is 17.2 Å². The van der Waals surface area contributed by atoms with E-state index in [4.69, 9.17) is 18.0 Å². The summed E-state index contributed by atoms with van der Waals surface area (Å²) in [6.07, 6.45) is 6.76. The molecule has 0 saturated carbocycles. The van der Waals surface area contributed by atoms with Gasteiger partial charge in [0.1, 0.15) is 5.49 Å². The molecule has 0 atom stereocenters. The van der Waals surface area contributed by atoms with Crippen LogP contribution >= 0.6 is 0 Å². The van der Waals surface area contributed by atoms with Gasteiger partial charge in [-0.25, -0.2) is 18.4 Å². The average Bonchev–Trinajstić information content (AvgIpc) is 4.04. The Bertz CT molecular complexity index is 3160. The highest BCUT2D eigenvalue weighted by Crippen LogP contribution is 2.38. The van der Waals surface area contributed by atoms with E-state index in [1.54, 1.807) is 0 Å². The molecule has 6 bridgehead atoms. The number of hydrogen-bond acceptors (Lipinski definition) is 4. The van der Waals surface area contributed by atoms with E-state index in [1.165, 1.54) is 11.1 Å². The maximum Gasteiger partial charge on any atom is 0.485 e. The lowest BCUT2D eigenvalue weighted by Gasteiger charge is -2.11. The van der Waals surface area contributed by atoms with Crippen molar-refractivity contribution in [3.8, 4) is 11.1 Å². The summed E-state index contributed by atoms with van der Waals surface area (Å²) in [5.74, 6) is 0. The molecule has 0 saturated heterocycles. The van der Waals surface area contributed by atoms with E-state index in [2.05, 4.69) is 185 Å². The van der Waals surface area contributed by atoms with Gasteiger partial charge in [-0.15, -0.1) is 0 Å². The molecule has 280 valence electrons. The molecule has 10 rings (SSSR count). The second-order valence-electron chi connectivity index (χ2n) is 13.6. The second kappa shape index (κ2) is 13.7. The van der Waals surface area contributed by atoms with Gasteiger partial charge in [-0.1, -0.05) is 121 Å². The third-order valence-corrected chi connectivity index (χ3v) is 10.8. The van der Waals surface area contributed by atoms with Crippen LogP contribution in [0.5, 0.6) is 0 Å². The molecule has 57 heavy (non-hydrogen) atoms. The van der Waals surface area contributed by atoms with E-state index >= 15 is 0 Å². The minimum atomic E-state index is -6.09. The summed E-state index contributed by atoms with van der Waals surface area (Å²) >= 11 is 0. The van der Waals surface area contributed by atoms with E-state index in [0.717, 1.165) is 83.5 Å². The Labute approximate surface area is 325 Å². The molecular weight excluding hydrogens is 746 g/mol. The van der Waals surface area contributed by atoms with Crippen LogP contribution in [0.25, 0.3) is 39.4 Å². The van der Waals surface area contributed by atoms with Crippen LogP contribution in [-0.4, -0.2) is 33.2 Å². The fourth-order valence-electron chi connectivity index (χ4n) is 7.82. The number of halogens is 3. The monoisotopic (exact) mass is 776 g/mol. The van der Waals surface area contributed by atoms with Crippen molar-refractivity contribution in [3.63, 3.8) is 0 Å². The smallest absolute Gasteiger partial charge is 0.485 e. The number of hydrogen-bond donors (Lipinski definition) is 1. The molecule has 0 unspecified atom stereocenters. The number of alkyl halides is 3. The van der Waals surface area contributed by atoms with Crippen molar-refractivity contribution in [3.05, 3.63) is 213 Å². The SMILES string of the molecule is Cn1c2ccc1=C(c1ccccc1)C1=[NH+]C(=C(c3ccccc3)c3ccc4c(-c5ccccc5)c5c(n34)=NC(=C5)C=2c2ccccc2)C=C1.O=S(=O)([O-])C(F)(F)F. The van der Waals surface area contributed by atoms with Gasteiger partial charge in [-0.05, 0) is 52.6 Å². The summed E-state index contributed by atoms with van der Waals surface area (Å²) in [5, 5.41) is 2.24. The highest BCUT2D eigenvalue weighted by atomic mass is 32.2. The van der Waals surface area contributed by atoms with Gasteiger partial charge in [0, 0.05) is 35.9 Å². The molecule has 3 aromatic heterocycles. The first-order chi connectivity index (χ1) is 27.5. The molecule has 3 aliphatic rings. The van der Waals surface area contributed by atoms with Gasteiger partial charge in [-0.2, -0.15) is 13.2 Å². The molecule has 6 heterocycles. The Morgan fingerprint density at radius 3 is 1.67 bits per heavy atom. The lowest BCUT2D eigenvalue weighted by atomic mass is 9.99. The quantitative estimate of drug-likeness (QED) is 0.185. The highest BCUT2D eigenvalue weighted by Gasteiger charge is 2.37. The molecule has 0 radical (unpaired) electrons. The number of fused-ring (bicyclic) bond motifs is 4. The first-order valence-corrected chi connectivity index (χ1v) is 19.4. The van der Waals surface area contributed by atoms with Crippen molar-refractivity contribution >= 4 is 44.1 Å². The molecule has 0 amide bonds. The zero-order valence-electron chi connectivity index (χ0n) is 30.2. The zero-order valence-corrected chi connectivity index (χ0v) is 31.0. The van der Waals surface area contributed by atoms with Crippen LogP contribution in [0.2, 0.25) is 0 Å². The number of nitrogens with one attached hydrogen (secondary N) is 1. The summed E-state index contributed by atoms with van der Waals surface area (Å²) in [6, 6.07) is 51.9. The maximum absolute atomic E-state index is 10.7. The van der Waals surface area contributed by atoms with Crippen LogP contribution in [0.1, 0.15) is 27.9 Å². The standard InChI is InChI=1S/C45H30N4.CHF3O3S/c1-48-37-24-25-38(48)44(32-20-12-5-13-21-32)36-28-33-41(29-14-6-2-7-15-29)39-26-27-40(49(39)45(33)47-36)43(31-18-10-4-11-19-31)35-23-22-34(46-35)42(37)30-16-8-3-9-17-30;2-1(3,4)8(5,6)7/h2-28H,1H3;(H,5,6,7). The van der Waals surface area contributed by atoms with E-state index in [0.29, 0.717) is 0 Å². The van der Waals surface area contributed by atoms with Crippen LogP contribution in [0, 0.1) is 0 Å². The highest BCUT2D eigenvalue weighted by molar-refractivity contribution is 7.86. The van der Waals surface area contributed by atoms with Crippen molar-refractivity contribution in [2.24, 2.45) is 12.0 Å². The van der Waals surface area contributed by atoms with Gasteiger partial charge in [0.15, 0.2) is 10.1 Å². The average molecular weight is 777 g/mol. The first kappa shape index (κ1) is 35.9. The molecular formula is C46H31F3N4O3S. The summed E-state index contributed by atoms with van der Waals surface area (Å²) < 4.78 is 63.6. The largest absolute Gasteiger partial charge is 0.741 e. The van der Waals surface area contributed by atoms with Gasteiger partial charge in [-0.3, -0.25) is 4.40 Å². The van der Waals surface area contributed by atoms with Crippen LogP contribution in [0.15, 0.2) is 174 Å². The van der Waals surface area contributed by atoms with Gasteiger partial charge < -0.3 is 9.12 Å². The Morgan fingerprint density at radius 1 is 0.632 bits per heavy atom. The predicted molar refractivity (Wildman–Crippen MR) is 213 cm³/mol. The van der Waals surface area contributed by atoms with E-state index in [9.17, 15) is 13.2 Å². The Morgan fingerprint density at radius 2 is 1.12 bits per heavy atom. The number of nitrogens with zero attached hydrogens (tertiary/aromatic N) is 3. The lowest BCUT2D eigenvalue weighted by Crippen LogP contribution is -2.68. The molecule has 11 heteroatoms. The molecule has 7 aromatic rings. The van der Waals surface area contributed by atoms with E-state index < -0.39 is 15.6 Å². The lowest BCUT2D eigenvalue weighted by molar-refractivity contribution is -0.383. The first-order valence-electron chi connectivity index (χ1n) is 18.0. The molecule has 3 aliphatic heterocycles. The fourth-order valence-corrected chi connectivity index (χ4v) is 7.82. The molecule has 1 N–H and O–H groups in total. The predicted octanol–water partition coefficient (Wildman–Crippen LogP) is 5.65. The van der Waals surface area contributed by atoms with Crippen LogP contribution < -0.4 is 21.2 Å². The third kappa shape index (κ3) is 6.17. The number of rotatable bonds is 4. The molecule has 0 spiro atoms. The summed E-state index contributed by atoms with van der Waals surface area (Å²) in [6.45, 7) is 0. The minimum absolute atomic E-state index is 0.959.